The molecular weight excluding hydrogens is 384 g/mol. The molecule has 1 unspecified atom stereocenters. The summed E-state index contributed by atoms with van der Waals surface area (Å²) < 4.78 is 10.6. The van der Waals surface area contributed by atoms with Gasteiger partial charge < -0.3 is 20.1 Å². The van der Waals surface area contributed by atoms with Gasteiger partial charge in [0.25, 0.3) is 5.91 Å². The van der Waals surface area contributed by atoms with Gasteiger partial charge >= 0.3 is 5.97 Å². The topological polar surface area (TPSA) is 93.7 Å². The van der Waals surface area contributed by atoms with Crippen LogP contribution in [-0.2, 0) is 25.7 Å². The van der Waals surface area contributed by atoms with Crippen molar-refractivity contribution in [3.8, 4) is 5.75 Å². The number of rotatable bonds is 8. The van der Waals surface area contributed by atoms with Crippen molar-refractivity contribution in [3.05, 3.63) is 29.8 Å². The van der Waals surface area contributed by atoms with Crippen molar-refractivity contribution in [2.45, 2.75) is 78.0 Å². The Morgan fingerprint density at radius 2 is 1.70 bits per heavy atom. The quantitative estimate of drug-likeness (QED) is 0.633. The molecule has 1 aliphatic rings. The number of carbonyl (C=O) groups is 3. The van der Waals surface area contributed by atoms with Gasteiger partial charge in [-0.25, -0.2) is 0 Å². The minimum Gasteiger partial charge on any atom is -0.497 e. The van der Waals surface area contributed by atoms with E-state index in [1.54, 1.807) is 14.0 Å². The highest BCUT2D eigenvalue weighted by molar-refractivity contribution is 5.89. The number of benzene rings is 1. The third-order valence-corrected chi connectivity index (χ3v) is 5.29. The maximum absolute atomic E-state index is 12.9. The summed E-state index contributed by atoms with van der Waals surface area (Å²) in [6, 6.07) is 7.35. The second-order valence-electron chi connectivity index (χ2n) is 9.08. The normalized spacial score (nSPS) is 16.4. The molecule has 1 aliphatic carbocycles. The van der Waals surface area contributed by atoms with Gasteiger partial charge in [0.15, 0.2) is 6.10 Å². The van der Waals surface area contributed by atoms with Crippen molar-refractivity contribution in [3.63, 3.8) is 0 Å². The molecule has 1 aromatic carbocycles. The number of methoxy groups -OCH3 is 1. The summed E-state index contributed by atoms with van der Waals surface area (Å²) in [5.74, 6) is -0.259. The highest BCUT2D eigenvalue weighted by atomic mass is 16.5. The summed E-state index contributed by atoms with van der Waals surface area (Å²) in [4.78, 5) is 37.8. The monoisotopic (exact) mass is 418 g/mol. The van der Waals surface area contributed by atoms with Crippen molar-refractivity contribution in [2.24, 2.45) is 5.41 Å². The van der Waals surface area contributed by atoms with Crippen LogP contribution in [0.2, 0.25) is 0 Å². The van der Waals surface area contributed by atoms with E-state index in [4.69, 9.17) is 9.47 Å². The first-order chi connectivity index (χ1) is 14.0. The molecule has 166 valence electrons. The predicted molar refractivity (Wildman–Crippen MR) is 114 cm³/mol. The number of ether oxygens (including phenoxy) is 2. The van der Waals surface area contributed by atoms with E-state index in [9.17, 15) is 14.4 Å². The molecule has 0 spiro atoms. The third kappa shape index (κ3) is 6.75. The van der Waals surface area contributed by atoms with Crippen molar-refractivity contribution < 1.29 is 23.9 Å². The number of hydrogen-bond acceptors (Lipinski definition) is 5. The molecule has 0 heterocycles. The van der Waals surface area contributed by atoms with Crippen LogP contribution in [0, 0.1) is 5.41 Å². The second-order valence-corrected chi connectivity index (χ2v) is 9.08. The minimum absolute atomic E-state index is 0.0866. The Bertz CT molecular complexity index is 746. The molecule has 1 atom stereocenters. The first kappa shape index (κ1) is 23.7. The van der Waals surface area contributed by atoms with Crippen LogP contribution in [0.3, 0.4) is 0 Å². The van der Waals surface area contributed by atoms with E-state index in [-0.39, 0.29) is 23.8 Å². The minimum atomic E-state index is -0.932. The fourth-order valence-electron chi connectivity index (χ4n) is 3.69. The van der Waals surface area contributed by atoms with E-state index in [2.05, 4.69) is 10.6 Å². The van der Waals surface area contributed by atoms with Crippen LogP contribution in [0.25, 0.3) is 0 Å². The lowest BCUT2D eigenvalue weighted by molar-refractivity contribution is -0.166. The Labute approximate surface area is 178 Å². The van der Waals surface area contributed by atoms with E-state index >= 15 is 0 Å². The Morgan fingerprint density at radius 3 is 2.23 bits per heavy atom. The average Bonchev–Trinajstić information content (AvgIpc) is 3.14. The summed E-state index contributed by atoms with van der Waals surface area (Å²) in [7, 11) is 1.59. The molecule has 7 heteroatoms. The maximum Gasteiger partial charge on any atom is 0.313 e. The maximum atomic E-state index is 12.9. The van der Waals surface area contributed by atoms with Crippen molar-refractivity contribution in [1.82, 2.24) is 10.6 Å². The highest BCUT2D eigenvalue weighted by Gasteiger charge is 2.45. The molecule has 2 amide bonds. The molecular formula is C23H34N2O5. The predicted octanol–water partition coefficient (Wildman–Crippen LogP) is 3.11. The molecule has 0 aromatic heterocycles. The van der Waals surface area contributed by atoms with Gasteiger partial charge in [-0.1, -0.05) is 25.0 Å². The van der Waals surface area contributed by atoms with Crippen molar-refractivity contribution in [2.75, 3.05) is 7.11 Å². The molecule has 0 bridgehead atoms. The standard InChI is InChI=1S/C23H34N2O5/c1-16(20(27)24-15-17-8-10-18(29-5)11-9-17)30-21(28)23(12-6-7-13-23)14-19(26)25-22(2,3)4/h8-11,16H,6-7,12-15H2,1-5H3,(H,24,27)(H,25,26). The van der Waals surface area contributed by atoms with E-state index in [0.29, 0.717) is 19.4 Å². The molecule has 7 nitrogen and oxygen atoms in total. The summed E-state index contributed by atoms with van der Waals surface area (Å²) in [6.07, 6.45) is 2.10. The zero-order chi connectivity index (χ0) is 22.4. The fourth-order valence-corrected chi connectivity index (χ4v) is 3.69. The number of hydrogen-bond donors (Lipinski definition) is 2. The van der Waals surface area contributed by atoms with Gasteiger partial charge in [-0.05, 0) is 58.2 Å². The number of amides is 2. The van der Waals surface area contributed by atoms with Gasteiger partial charge in [-0.2, -0.15) is 0 Å². The molecule has 30 heavy (non-hydrogen) atoms. The van der Waals surface area contributed by atoms with Crippen LogP contribution in [0.1, 0.15) is 65.4 Å². The molecule has 2 rings (SSSR count). The van der Waals surface area contributed by atoms with E-state index in [1.165, 1.54) is 0 Å². The molecule has 0 radical (unpaired) electrons. The van der Waals surface area contributed by atoms with Crippen LogP contribution in [0.4, 0.5) is 0 Å². The van der Waals surface area contributed by atoms with Gasteiger partial charge in [-0.3, -0.25) is 14.4 Å². The van der Waals surface area contributed by atoms with Crippen LogP contribution >= 0.6 is 0 Å². The number of esters is 1. The third-order valence-electron chi connectivity index (χ3n) is 5.29. The Balaban J connectivity index is 1.92. The summed E-state index contributed by atoms with van der Waals surface area (Å²) in [5, 5.41) is 5.69. The first-order valence-electron chi connectivity index (χ1n) is 10.5. The molecule has 1 saturated carbocycles. The summed E-state index contributed by atoms with van der Waals surface area (Å²) in [5.41, 5.74) is -0.302. The lowest BCUT2D eigenvalue weighted by Gasteiger charge is -2.29. The fraction of sp³-hybridized carbons (Fsp3) is 0.609. The summed E-state index contributed by atoms with van der Waals surface area (Å²) >= 11 is 0. The van der Waals surface area contributed by atoms with Crippen LogP contribution in [-0.4, -0.2) is 36.5 Å². The smallest absolute Gasteiger partial charge is 0.313 e. The number of carbonyl (C=O) groups excluding carboxylic acids is 3. The van der Waals surface area contributed by atoms with Gasteiger partial charge in [0.2, 0.25) is 5.91 Å². The van der Waals surface area contributed by atoms with E-state index < -0.39 is 17.5 Å². The Kier molecular flexibility index (Phi) is 7.87. The highest BCUT2D eigenvalue weighted by Crippen LogP contribution is 2.42. The largest absolute Gasteiger partial charge is 0.497 e. The number of nitrogens with one attached hydrogen (secondary N) is 2. The van der Waals surface area contributed by atoms with Crippen LogP contribution < -0.4 is 15.4 Å². The zero-order valence-corrected chi connectivity index (χ0v) is 18.7. The Morgan fingerprint density at radius 1 is 1.10 bits per heavy atom. The van der Waals surface area contributed by atoms with Gasteiger partial charge in [0.05, 0.1) is 12.5 Å². The van der Waals surface area contributed by atoms with Crippen LogP contribution in [0.5, 0.6) is 5.75 Å². The average molecular weight is 419 g/mol. The Hall–Kier alpha value is -2.57. The first-order valence-corrected chi connectivity index (χ1v) is 10.5. The lowest BCUT2D eigenvalue weighted by atomic mass is 9.82. The van der Waals surface area contributed by atoms with Crippen LogP contribution in [0.15, 0.2) is 24.3 Å². The van der Waals surface area contributed by atoms with E-state index in [1.807, 2.05) is 45.0 Å². The zero-order valence-electron chi connectivity index (χ0n) is 18.7. The second kappa shape index (κ2) is 9.96. The molecule has 1 fully saturated rings. The molecule has 1 aromatic rings. The lowest BCUT2D eigenvalue weighted by Crippen LogP contribution is -2.45. The SMILES string of the molecule is COc1ccc(CNC(=O)C(C)OC(=O)C2(CC(=O)NC(C)(C)C)CCCC2)cc1. The van der Waals surface area contributed by atoms with Crippen molar-refractivity contribution in [1.29, 1.82) is 0 Å². The van der Waals surface area contributed by atoms with Gasteiger partial charge in [0.1, 0.15) is 5.75 Å². The van der Waals surface area contributed by atoms with Gasteiger partial charge in [0, 0.05) is 18.5 Å². The van der Waals surface area contributed by atoms with Crippen molar-refractivity contribution >= 4 is 17.8 Å². The molecule has 2 N–H and O–H groups in total. The van der Waals surface area contributed by atoms with Gasteiger partial charge in [-0.15, -0.1) is 0 Å². The summed E-state index contributed by atoms with van der Waals surface area (Å²) in [6.45, 7) is 7.59. The molecule has 0 saturated heterocycles. The molecule has 0 aliphatic heterocycles. The van der Waals surface area contributed by atoms with E-state index in [0.717, 1.165) is 24.2 Å².